The van der Waals surface area contributed by atoms with Crippen LogP contribution in [0.5, 0.6) is 0 Å². The molecule has 0 bridgehead atoms. The van der Waals surface area contributed by atoms with E-state index >= 15 is 0 Å². The lowest BCUT2D eigenvalue weighted by atomic mass is 10.2. The van der Waals surface area contributed by atoms with E-state index in [9.17, 15) is 0 Å². The first-order valence-electron chi connectivity index (χ1n) is 5.54. The van der Waals surface area contributed by atoms with E-state index < -0.39 is 0 Å². The van der Waals surface area contributed by atoms with E-state index in [1.165, 1.54) is 0 Å². The van der Waals surface area contributed by atoms with Gasteiger partial charge < -0.3 is 10.6 Å². The molecule has 0 spiro atoms. The molecule has 1 aromatic carbocycles. The first kappa shape index (κ1) is 11.6. The Bertz CT molecular complexity index is 474. The van der Waals surface area contributed by atoms with Gasteiger partial charge in [-0.1, -0.05) is 17.3 Å². The number of aryl methyl sites for hydroxylation is 1. The summed E-state index contributed by atoms with van der Waals surface area (Å²) in [5.41, 5.74) is 8.81. The molecular weight excluding hydrogens is 214 g/mol. The molecular formula is C12H17N5. The summed E-state index contributed by atoms with van der Waals surface area (Å²) in [6.07, 6.45) is 1.92. The van der Waals surface area contributed by atoms with E-state index in [2.05, 4.69) is 27.3 Å². The summed E-state index contributed by atoms with van der Waals surface area (Å²) in [5.74, 6) is 0. The Balaban J connectivity index is 2.06. The van der Waals surface area contributed by atoms with Crippen molar-refractivity contribution in [3.8, 4) is 0 Å². The number of anilines is 1. The molecule has 0 unspecified atom stereocenters. The van der Waals surface area contributed by atoms with Gasteiger partial charge in [0.1, 0.15) is 5.69 Å². The summed E-state index contributed by atoms with van der Waals surface area (Å²) in [7, 11) is 3.90. The summed E-state index contributed by atoms with van der Waals surface area (Å²) in [4.78, 5) is 2.13. The molecule has 5 heteroatoms. The molecule has 0 atom stereocenters. The first-order chi connectivity index (χ1) is 8.19. The van der Waals surface area contributed by atoms with Crippen LogP contribution < -0.4 is 10.6 Å². The average molecular weight is 231 g/mol. The van der Waals surface area contributed by atoms with Crippen molar-refractivity contribution < 1.29 is 0 Å². The largest absolute Gasteiger partial charge is 0.369 e. The first-order valence-corrected chi connectivity index (χ1v) is 5.54. The Morgan fingerprint density at radius 2 is 2.00 bits per heavy atom. The number of aromatic nitrogens is 3. The van der Waals surface area contributed by atoms with E-state index in [0.29, 0.717) is 6.54 Å². The minimum atomic E-state index is 0.578. The Morgan fingerprint density at radius 1 is 1.29 bits per heavy atom. The van der Waals surface area contributed by atoms with Gasteiger partial charge in [-0.15, -0.1) is 5.10 Å². The van der Waals surface area contributed by atoms with Crippen molar-refractivity contribution in [2.75, 3.05) is 11.9 Å². The molecule has 2 rings (SSSR count). The highest BCUT2D eigenvalue weighted by Crippen LogP contribution is 2.15. The quantitative estimate of drug-likeness (QED) is 0.849. The van der Waals surface area contributed by atoms with E-state index in [1.807, 2.05) is 32.4 Å². The smallest absolute Gasteiger partial charge is 0.102 e. The van der Waals surface area contributed by atoms with Crippen LogP contribution >= 0.6 is 0 Å². The summed E-state index contributed by atoms with van der Waals surface area (Å²) in [5, 5.41) is 7.98. The maximum absolute atomic E-state index is 5.57. The highest BCUT2D eigenvalue weighted by molar-refractivity contribution is 5.46. The lowest BCUT2D eigenvalue weighted by molar-refractivity contribution is 0.712. The highest BCUT2D eigenvalue weighted by atomic mass is 15.4. The van der Waals surface area contributed by atoms with Crippen molar-refractivity contribution in [2.45, 2.75) is 13.1 Å². The average Bonchev–Trinajstić information content (AvgIpc) is 2.75. The van der Waals surface area contributed by atoms with Crippen LogP contribution in [0.4, 0.5) is 5.69 Å². The van der Waals surface area contributed by atoms with Gasteiger partial charge in [0.25, 0.3) is 0 Å². The molecule has 0 aliphatic carbocycles. The van der Waals surface area contributed by atoms with Crippen molar-refractivity contribution in [1.29, 1.82) is 0 Å². The summed E-state index contributed by atoms with van der Waals surface area (Å²) >= 11 is 0. The number of benzene rings is 1. The Hall–Kier alpha value is -1.88. The Morgan fingerprint density at radius 3 is 2.53 bits per heavy atom. The van der Waals surface area contributed by atoms with Gasteiger partial charge in [-0.05, 0) is 17.7 Å². The van der Waals surface area contributed by atoms with E-state index in [4.69, 9.17) is 5.73 Å². The van der Waals surface area contributed by atoms with Crippen LogP contribution in [0.15, 0.2) is 30.5 Å². The number of hydrogen-bond donors (Lipinski definition) is 1. The summed E-state index contributed by atoms with van der Waals surface area (Å²) < 4.78 is 1.71. The molecule has 17 heavy (non-hydrogen) atoms. The fourth-order valence-corrected chi connectivity index (χ4v) is 1.69. The van der Waals surface area contributed by atoms with Gasteiger partial charge in [-0.2, -0.15) is 0 Å². The lowest BCUT2D eigenvalue weighted by Gasteiger charge is -2.17. The van der Waals surface area contributed by atoms with Crippen LogP contribution in [0.25, 0.3) is 0 Å². The Kier molecular flexibility index (Phi) is 3.39. The third kappa shape index (κ3) is 2.82. The minimum Gasteiger partial charge on any atom is -0.369 e. The molecule has 0 aliphatic heterocycles. The van der Waals surface area contributed by atoms with Gasteiger partial charge in [0, 0.05) is 32.5 Å². The van der Waals surface area contributed by atoms with Gasteiger partial charge in [0.05, 0.1) is 6.54 Å². The topological polar surface area (TPSA) is 60.0 Å². The van der Waals surface area contributed by atoms with E-state index in [-0.39, 0.29) is 0 Å². The predicted octanol–water partition coefficient (Wildman–Crippen LogP) is 0.910. The highest BCUT2D eigenvalue weighted by Gasteiger charge is 2.04. The molecule has 0 saturated heterocycles. The van der Waals surface area contributed by atoms with E-state index in [1.54, 1.807) is 4.68 Å². The molecule has 1 aromatic heterocycles. The van der Waals surface area contributed by atoms with Crippen LogP contribution in [0.3, 0.4) is 0 Å². The molecule has 90 valence electrons. The van der Waals surface area contributed by atoms with Gasteiger partial charge in [0.2, 0.25) is 0 Å². The van der Waals surface area contributed by atoms with Gasteiger partial charge in [-0.3, -0.25) is 4.68 Å². The zero-order chi connectivity index (χ0) is 12.3. The second-order valence-corrected chi connectivity index (χ2v) is 4.11. The maximum Gasteiger partial charge on any atom is 0.102 e. The van der Waals surface area contributed by atoms with Crippen molar-refractivity contribution in [3.63, 3.8) is 0 Å². The van der Waals surface area contributed by atoms with Crippen LogP contribution in [0.2, 0.25) is 0 Å². The second-order valence-electron chi connectivity index (χ2n) is 4.11. The second kappa shape index (κ2) is 4.97. The number of hydrogen-bond acceptors (Lipinski definition) is 4. The third-order valence-electron chi connectivity index (χ3n) is 2.66. The molecule has 0 saturated carbocycles. The molecule has 1 heterocycles. The number of nitrogens with zero attached hydrogens (tertiary/aromatic N) is 4. The molecule has 2 N–H and O–H groups in total. The standard InChI is InChI=1S/C12H17N5/c1-16(8-11-9-17(2)15-14-11)12-5-3-10(7-13)4-6-12/h3-6,9H,7-8,13H2,1-2H3. The summed E-state index contributed by atoms with van der Waals surface area (Å²) in [6.45, 7) is 1.32. The SMILES string of the molecule is CN(Cc1cn(C)nn1)c1ccc(CN)cc1. The molecule has 5 nitrogen and oxygen atoms in total. The van der Waals surface area contributed by atoms with Crippen molar-refractivity contribution in [2.24, 2.45) is 12.8 Å². The predicted molar refractivity (Wildman–Crippen MR) is 67.4 cm³/mol. The summed E-state index contributed by atoms with van der Waals surface area (Å²) in [6, 6.07) is 8.22. The Labute approximate surface area is 101 Å². The molecule has 0 radical (unpaired) electrons. The maximum atomic E-state index is 5.57. The number of nitrogens with two attached hydrogens (primary N) is 1. The lowest BCUT2D eigenvalue weighted by Crippen LogP contribution is -2.16. The molecule has 2 aromatic rings. The van der Waals surface area contributed by atoms with E-state index in [0.717, 1.165) is 23.5 Å². The van der Waals surface area contributed by atoms with Gasteiger partial charge in [-0.25, -0.2) is 0 Å². The van der Waals surface area contributed by atoms with Crippen LogP contribution in [-0.4, -0.2) is 22.0 Å². The normalized spacial score (nSPS) is 10.5. The van der Waals surface area contributed by atoms with Gasteiger partial charge >= 0.3 is 0 Å². The van der Waals surface area contributed by atoms with Crippen LogP contribution in [0.1, 0.15) is 11.3 Å². The van der Waals surface area contributed by atoms with Crippen molar-refractivity contribution in [3.05, 3.63) is 41.7 Å². The third-order valence-corrected chi connectivity index (χ3v) is 2.66. The molecule has 0 fully saturated rings. The van der Waals surface area contributed by atoms with Crippen molar-refractivity contribution >= 4 is 5.69 Å². The monoisotopic (exact) mass is 231 g/mol. The zero-order valence-corrected chi connectivity index (χ0v) is 10.2. The zero-order valence-electron chi connectivity index (χ0n) is 10.2. The van der Waals surface area contributed by atoms with Crippen LogP contribution in [0, 0.1) is 0 Å². The van der Waals surface area contributed by atoms with Crippen LogP contribution in [-0.2, 0) is 20.1 Å². The molecule has 0 amide bonds. The number of rotatable bonds is 4. The fourth-order valence-electron chi connectivity index (χ4n) is 1.69. The van der Waals surface area contributed by atoms with Crippen molar-refractivity contribution in [1.82, 2.24) is 15.0 Å². The van der Waals surface area contributed by atoms with Gasteiger partial charge in [0.15, 0.2) is 0 Å². The minimum absolute atomic E-state index is 0.578. The molecule has 0 aliphatic rings. The fraction of sp³-hybridized carbons (Fsp3) is 0.333.